The number of hydrogen-bond donors (Lipinski definition) is 1. The lowest BCUT2D eigenvalue weighted by atomic mass is 10.1. The van der Waals surface area contributed by atoms with Crippen LogP contribution in [-0.4, -0.2) is 10.9 Å². The van der Waals surface area contributed by atoms with Crippen molar-refractivity contribution in [1.29, 1.82) is 0 Å². The van der Waals surface area contributed by atoms with Crippen LogP contribution in [0.2, 0.25) is 5.02 Å². The third-order valence-electron chi connectivity index (χ3n) is 4.47. The van der Waals surface area contributed by atoms with E-state index in [2.05, 4.69) is 16.4 Å². The minimum atomic E-state index is -0.142. The van der Waals surface area contributed by atoms with Crippen LogP contribution in [0.1, 0.15) is 32.9 Å². The Morgan fingerprint density at radius 2 is 1.86 bits per heavy atom. The molecule has 28 heavy (non-hydrogen) atoms. The van der Waals surface area contributed by atoms with Crippen LogP contribution < -0.4 is 5.32 Å². The van der Waals surface area contributed by atoms with E-state index in [1.54, 1.807) is 12.1 Å². The fourth-order valence-electron chi connectivity index (χ4n) is 3.12. The second kappa shape index (κ2) is 7.87. The molecule has 1 N–H and O–H groups in total. The number of nitrogens with one attached hydrogen (secondary N) is 1. The predicted octanol–water partition coefficient (Wildman–Crippen LogP) is 5.31. The monoisotopic (exact) mass is 390 g/mol. The van der Waals surface area contributed by atoms with Crippen molar-refractivity contribution in [1.82, 2.24) is 10.3 Å². The number of carbonyl (C=O) groups is 1. The van der Waals surface area contributed by atoms with Crippen LogP contribution in [0.5, 0.6) is 0 Å². The summed E-state index contributed by atoms with van der Waals surface area (Å²) in [7, 11) is 0. The first-order chi connectivity index (χ1) is 13.6. The number of benzene rings is 3. The number of nitrogens with zero attached hydrogens (tertiary/aromatic N) is 1. The molecule has 5 heteroatoms. The van der Waals surface area contributed by atoms with Gasteiger partial charge in [-0.1, -0.05) is 53.6 Å². The van der Waals surface area contributed by atoms with Gasteiger partial charge in [0.15, 0.2) is 11.5 Å². The number of oxazole rings is 1. The van der Waals surface area contributed by atoms with E-state index in [9.17, 15) is 4.79 Å². The molecule has 0 radical (unpaired) electrons. The van der Waals surface area contributed by atoms with Crippen molar-refractivity contribution >= 4 is 28.6 Å². The highest BCUT2D eigenvalue weighted by Gasteiger charge is 2.11. The van der Waals surface area contributed by atoms with E-state index in [1.807, 2.05) is 55.5 Å². The molecule has 4 aromatic rings. The van der Waals surface area contributed by atoms with Crippen LogP contribution in [0.25, 0.3) is 11.1 Å². The molecule has 0 fully saturated rings. The minimum Gasteiger partial charge on any atom is -0.440 e. The van der Waals surface area contributed by atoms with Gasteiger partial charge in [0.05, 0.1) is 0 Å². The van der Waals surface area contributed by atoms with Crippen LogP contribution in [0.4, 0.5) is 0 Å². The smallest absolute Gasteiger partial charge is 0.251 e. The lowest BCUT2D eigenvalue weighted by Crippen LogP contribution is -2.22. The number of aromatic nitrogens is 1. The molecule has 0 bridgehead atoms. The first-order valence-corrected chi connectivity index (χ1v) is 9.42. The van der Waals surface area contributed by atoms with Gasteiger partial charge in [-0.25, -0.2) is 4.98 Å². The van der Waals surface area contributed by atoms with Crippen molar-refractivity contribution in [2.75, 3.05) is 0 Å². The molecule has 0 spiro atoms. The molecule has 4 nitrogen and oxygen atoms in total. The van der Waals surface area contributed by atoms with Gasteiger partial charge in [-0.3, -0.25) is 4.79 Å². The number of rotatable bonds is 5. The molecule has 1 aromatic heterocycles. The van der Waals surface area contributed by atoms with E-state index in [4.69, 9.17) is 16.0 Å². The minimum absolute atomic E-state index is 0.142. The highest BCUT2D eigenvalue weighted by atomic mass is 35.5. The third kappa shape index (κ3) is 4.24. The molecule has 0 aliphatic rings. The summed E-state index contributed by atoms with van der Waals surface area (Å²) in [5.74, 6) is 0.450. The van der Waals surface area contributed by atoms with Crippen molar-refractivity contribution in [2.45, 2.75) is 19.9 Å². The summed E-state index contributed by atoms with van der Waals surface area (Å²) in [5, 5.41) is 3.63. The van der Waals surface area contributed by atoms with Gasteiger partial charge >= 0.3 is 0 Å². The standard InChI is InChI=1S/C23H19ClN2O2/c1-15-4-2-6-17(10-15)14-25-23(27)18-8-9-20-21(13-18)28-22(26-20)12-16-5-3-7-19(24)11-16/h2-11,13H,12,14H2,1H3,(H,25,27). The van der Waals surface area contributed by atoms with Crippen molar-refractivity contribution in [3.63, 3.8) is 0 Å². The van der Waals surface area contributed by atoms with Gasteiger partial charge in [0.2, 0.25) is 0 Å². The number of fused-ring (bicyclic) bond motifs is 1. The molecule has 0 saturated heterocycles. The second-order valence-corrected chi connectivity index (χ2v) is 7.20. The quantitative estimate of drug-likeness (QED) is 0.502. The third-order valence-corrected chi connectivity index (χ3v) is 4.71. The summed E-state index contributed by atoms with van der Waals surface area (Å²) in [6, 6.07) is 21.0. The molecule has 1 amide bonds. The fourth-order valence-corrected chi connectivity index (χ4v) is 3.33. The van der Waals surface area contributed by atoms with E-state index >= 15 is 0 Å². The van der Waals surface area contributed by atoms with Crippen molar-refractivity contribution < 1.29 is 9.21 Å². The Balaban J connectivity index is 1.48. The molecule has 4 rings (SSSR count). The molecule has 3 aromatic carbocycles. The molecule has 0 aliphatic carbocycles. The summed E-state index contributed by atoms with van der Waals surface area (Å²) in [4.78, 5) is 17.0. The zero-order chi connectivity index (χ0) is 19.5. The van der Waals surface area contributed by atoms with Crippen LogP contribution in [0, 0.1) is 6.92 Å². The maximum atomic E-state index is 12.5. The molecular formula is C23H19ClN2O2. The van der Waals surface area contributed by atoms with Gasteiger partial charge < -0.3 is 9.73 Å². The van der Waals surface area contributed by atoms with Gasteiger partial charge in [0, 0.05) is 23.6 Å². The number of hydrogen-bond acceptors (Lipinski definition) is 3. The Morgan fingerprint density at radius 3 is 2.68 bits per heavy atom. The summed E-state index contributed by atoms with van der Waals surface area (Å²) in [6.45, 7) is 2.51. The summed E-state index contributed by atoms with van der Waals surface area (Å²) < 4.78 is 5.85. The Kier molecular flexibility index (Phi) is 5.13. The van der Waals surface area contributed by atoms with Crippen molar-refractivity contribution in [2.24, 2.45) is 0 Å². The van der Waals surface area contributed by atoms with Crippen molar-refractivity contribution in [3.8, 4) is 0 Å². The van der Waals surface area contributed by atoms with Crippen molar-refractivity contribution in [3.05, 3.63) is 99.9 Å². The molecule has 140 valence electrons. The van der Waals surface area contributed by atoms with Crippen LogP contribution in [0.15, 0.2) is 71.1 Å². The van der Waals surface area contributed by atoms with E-state index < -0.39 is 0 Å². The SMILES string of the molecule is Cc1cccc(CNC(=O)c2ccc3nc(Cc4cccc(Cl)c4)oc3c2)c1. The molecule has 0 aliphatic heterocycles. The topological polar surface area (TPSA) is 55.1 Å². The van der Waals surface area contributed by atoms with Gasteiger partial charge in [-0.2, -0.15) is 0 Å². The Morgan fingerprint density at radius 1 is 1.04 bits per heavy atom. The van der Waals surface area contributed by atoms with Gasteiger partial charge in [-0.15, -0.1) is 0 Å². The first-order valence-electron chi connectivity index (χ1n) is 9.04. The highest BCUT2D eigenvalue weighted by Crippen LogP contribution is 2.21. The Hall–Kier alpha value is -3.11. The predicted molar refractivity (Wildman–Crippen MR) is 111 cm³/mol. The Labute approximate surface area is 168 Å². The fraction of sp³-hybridized carbons (Fsp3) is 0.130. The maximum absolute atomic E-state index is 12.5. The lowest BCUT2D eigenvalue weighted by molar-refractivity contribution is 0.0951. The average molecular weight is 391 g/mol. The number of aryl methyl sites for hydroxylation is 1. The molecule has 0 unspecified atom stereocenters. The van der Waals surface area contributed by atoms with Crippen LogP contribution in [-0.2, 0) is 13.0 Å². The zero-order valence-electron chi connectivity index (χ0n) is 15.4. The maximum Gasteiger partial charge on any atom is 0.251 e. The van der Waals surface area contributed by atoms with Gasteiger partial charge in [0.25, 0.3) is 5.91 Å². The van der Waals surface area contributed by atoms with E-state index in [1.165, 1.54) is 5.56 Å². The van der Waals surface area contributed by atoms with Crippen LogP contribution in [0.3, 0.4) is 0 Å². The van der Waals surface area contributed by atoms with Crippen LogP contribution >= 0.6 is 11.6 Å². The summed E-state index contributed by atoms with van der Waals surface area (Å²) in [5.41, 5.74) is 5.13. The highest BCUT2D eigenvalue weighted by molar-refractivity contribution is 6.30. The number of amides is 1. The van der Waals surface area contributed by atoms with E-state index in [0.29, 0.717) is 35.0 Å². The average Bonchev–Trinajstić information content (AvgIpc) is 3.07. The lowest BCUT2D eigenvalue weighted by Gasteiger charge is -2.06. The molecular weight excluding hydrogens is 372 g/mol. The van der Waals surface area contributed by atoms with E-state index in [-0.39, 0.29) is 5.91 Å². The molecule has 0 atom stereocenters. The second-order valence-electron chi connectivity index (χ2n) is 6.77. The summed E-state index contributed by atoms with van der Waals surface area (Å²) in [6.07, 6.45) is 0.546. The van der Waals surface area contributed by atoms with Gasteiger partial charge in [-0.05, 0) is 48.4 Å². The molecule has 1 heterocycles. The Bertz CT molecular complexity index is 1150. The number of carbonyl (C=O) groups excluding carboxylic acids is 1. The largest absolute Gasteiger partial charge is 0.440 e. The molecule has 0 saturated carbocycles. The van der Waals surface area contributed by atoms with E-state index in [0.717, 1.165) is 16.6 Å². The van der Waals surface area contributed by atoms with Gasteiger partial charge in [0.1, 0.15) is 5.52 Å². The summed E-state index contributed by atoms with van der Waals surface area (Å²) >= 11 is 6.03. The normalized spacial score (nSPS) is 10.9. The zero-order valence-corrected chi connectivity index (χ0v) is 16.2. The number of halogens is 1. The first kappa shape index (κ1) is 18.3.